The first-order valence-electron chi connectivity index (χ1n) is 6.46. The van der Waals surface area contributed by atoms with Crippen molar-refractivity contribution >= 4 is 17.4 Å². The minimum absolute atomic E-state index is 0.0703. The first-order chi connectivity index (χ1) is 11.3. The summed E-state index contributed by atoms with van der Waals surface area (Å²) >= 11 is 0. The molecule has 0 aliphatic heterocycles. The first kappa shape index (κ1) is 17.2. The van der Waals surface area contributed by atoms with Crippen LogP contribution < -0.4 is 10.1 Å². The number of nitrogens with zero attached hydrogens (tertiary/aromatic N) is 2. The van der Waals surface area contributed by atoms with Gasteiger partial charge in [0.05, 0.1) is 5.56 Å². The van der Waals surface area contributed by atoms with Gasteiger partial charge >= 0.3 is 12.0 Å². The van der Waals surface area contributed by atoms with Crippen LogP contribution >= 0.6 is 0 Å². The lowest BCUT2D eigenvalue weighted by Crippen LogP contribution is -2.21. The van der Waals surface area contributed by atoms with Gasteiger partial charge in [-0.25, -0.2) is 0 Å². The van der Waals surface area contributed by atoms with E-state index in [0.29, 0.717) is 0 Å². The van der Waals surface area contributed by atoms with Crippen LogP contribution in [0.5, 0.6) is 5.75 Å². The predicted molar refractivity (Wildman–Crippen MR) is 76.5 cm³/mol. The largest absolute Gasteiger partial charge is 0.476 e. The van der Waals surface area contributed by atoms with Gasteiger partial charge in [0.25, 0.3) is 5.91 Å². The summed E-state index contributed by atoms with van der Waals surface area (Å²) in [5, 5.41) is 13.0. The third-order valence-electron chi connectivity index (χ3n) is 2.76. The number of halogens is 3. The Morgan fingerprint density at radius 1 is 1.29 bits per heavy atom. The Morgan fingerprint density at radius 3 is 2.71 bits per heavy atom. The number of hydrogen-bond acceptors (Lipinski definition) is 5. The smallest absolute Gasteiger partial charge is 0.416 e. The molecule has 24 heavy (non-hydrogen) atoms. The molecule has 1 N–H and O–H groups in total. The molecule has 7 nitrogen and oxygen atoms in total. The van der Waals surface area contributed by atoms with E-state index in [9.17, 15) is 28.1 Å². The number of aromatic nitrogens is 1. The molecule has 0 saturated heterocycles. The van der Waals surface area contributed by atoms with Gasteiger partial charge in [-0.2, -0.15) is 13.2 Å². The third-order valence-corrected chi connectivity index (χ3v) is 2.76. The normalized spacial score (nSPS) is 11.0. The standard InChI is InChI=1S/C14H10F3N3O4/c15-14(16,17)9-3-1-4-10(7-9)19-12(21)8-24-11-5-2-6-18-13(11)20(22)23/h1-7H,8H2,(H,19,21). The molecular formula is C14H10F3N3O4. The summed E-state index contributed by atoms with van der Waals surface area (Å²) in [6.07, 6.45) is -3.35. The van der Waals surface area contributed by atoms with Gasteiger partial charge < -0.3 is 20.2 Å². The summed E-state index contributed by atoms with van der Waals surface area (Å²) < 4.78 is 42.8. The highest BCUT2D eigenvalue weighted by Gasteiger charge is 2.30. The number of hydrogen-bond donors (Lipinski definition) is 1. The number of carbonyl (C=O) groups is 1. The van der Waals surface area contributed by atoms with Gasteiger partial charge in [0, 0.05) is 5.69 Å². The van der Waals surface area contributed by atoms with Gasteiger partial charge in [0.2, 0.25) is 5.75 Å². The first-order valence-corrected chi connectivity index (χ1v) is 6.46. The van der Waals surface area contributed by atoms with Gasteiger partial charge in [-0.3, -0.25) is 4.79 Å². The lowest BCUT2D eigenvalue weighted by Gasteiger charge is -2.10. The number of ether oxygens (including phenoxy) is 1. The minimum Gasteiger partial charge on any atom is -0.476 e. The van der Waals surface area contributed by atoms with Crippen molar-refractivity contribution < 1.29 is 27.6 Å². The monoisotopic (exact) mass is 341 g/mol. The summed E-state index contributed by atoms with van der Waals surface area (Å²) in [4.78, 5) is 25.2. The van der Waals surface area contributed by atoms with Gasteiger partial charge in [-0.05, 0) is 40.2 Å². The van der Waals surface area contributed by atoms with Crippen LogP contribution in [0.4, 0.5) is 24.7 Å². The molecule has 0 spiro atoms. The summed E-state index contributed by atoms with van der Waals surface area (Å²) in [5.41, 5.74) is -0.983. The third kappa shape index (κ3) is 4.41. The number of benzene rings is 1. The SMILES string of the molecule is O=C(COc1cccnc1[N+](=O)[O-])Nc1cccc(C(F)(F)F)c1. The number of carbonyl (C=O) groups excluding carboxylic acids is 1. The van der Waals surface area contributed by atoms with Crippen LogP contribution in [-0.4, -0.2) is 22.4 Å². The Labute approximate surface area is 133 Å². The Morgan fingerprint density at radius 2 is 2.04 bits per heavy atom. The molecule has 0 bridgehead atoms. The molecular weight excluding hydrogens is 331 g/mol. The maximum absolute atomic E-state index is 12.6. The van der Waals surface area contributed by atoms with Crippen molar-refractivity contribution in [3.63, 3.8) is 0 Å². The highest BCUT2D eigenvalue weighted by molar-refractivity contribution is 5.92. The number of rotatable bonds is 5. The topological polar surface area (TPSA) is 94.4 Å². The molecule has 1 amide bonds. The Kier molecular flexibility index (Phi) is 4.97. The van der Waals surface area contributed by atoms with Gasteiger partial charge in [-0.1, -0.05) is 6.07 Å². The number of anilines is 1. The molecule has 0 unspecified atom stereocenters. The molecule has 126 valence electrons. The molecule has 1 heterocycles. The number of amides is 1. The van der Waals surface area contributed by atoms with Crippen LogP contribution in [0, 0.1) is 10.1 Å². The van der Waals surface area contributed by atoms with Crippen LogP contribution in [0.3, 0.4) is 0 Å². The number of nitro groups is 1. The van der Waals surface area contributed by atoms with Crippen molar-refractivity contribution in [1.29, 1.82) is 0 Å². The average Bonchev–Trinajstić information content (AvgIpc) is 2.52. The zero-order valence-electron chi connectivity index (χ0n) is 11.9. The second-order valence-electron chi connectivity index (χ2n) is 4.50. The second kappa shape index (κ2) is 6.94. The van der Waals surface area contributed by atoms with E-state index in [1.807, 2.05) is 0 Å². The highest BCUT2D eigenvalue weighted by atomic mass is 19.4. The summed E-state index contributed by atoms with van der Waals surface area (Å²) in [6.45, 7) is -0.622. The molecule has 0 fully saturated rings. The van der Waals surface area contributed by atoms with E-state index < -0.39 is 35.0 Å². The zero-order chi connectivity index (χ0) is 17.7. The summed E-state index contributed by atoms with van der Waals surface area (Å²) in [5.74, 6) is -1.56. The fourth-order valence-electron chi connectivity index (χ4n) is 1.75. The van der Waals surface area contributed by atoms with Crippen molar-refractivity contribution in [1.82, 2.24) is 4.98 Å². The molecule has 1 aromatic heterocycles. The lowest BCUT2D eigenvalue weighted by molar-refractivity contribution is -0.390. The van der Waals surface area contributed by atoms with Gasteiger partial charge in [-0.15, -0.1) is 0 Å². The zero-order valence-corrected chi connectivity index (χ0v) is 11.9. The van der Waals surface area contributed by atoms with Crippen LogP contribution in [0.1, 0.15) is 5.56 Å². The maximum atomic E-state index is 12.6. The fraction of sp³-hybridized carbons (Fsp3) is 0.143. The second-order valence-corrected chi connectivity index (χ2v) is 4.50. The molecule has 10 heteroatoms. The van der Waals surface area contributed by atoms with Crippen LogP contribution in [0.25, 0.3) is 0 Å². The van der Waals surface area contributed by atoms with Crippen LogP contribution in [-0.2, 0) is 11.0 Å². The summed E-state index contributed by atoms with van der Waals surface area (Å²) in [6, 6.07) is 6.69. The van der Waals surface area contributed by atoms with Crippen molar-refractivity contribution in [2.75, 3.05) is 11.9 Å². The Balaban J connectivity index is 2.01. The molecule has 0 radical (unpaired) electrons. The van der Waals surface area contributed by atoms with E-state index in [1.54, 1.807) is 0 Å². The van der Waals surface area contributed by atoms with E-state index >= 15 is 0 Å². The molecule has 2 rings (SSSR count). The number of pyridine rings is 1. The highest BCUT2D eigenvalue weighted by Crippen LogP contribution is 2.30. The van der Waals surface area contributed by atoms with E-state index in [2.05, 4.69) is 10.3 Å². The minimum atomic E-state index is -4.53. The fourth-order valence-corrected chi connectivity index (χ4v) is 1.75. The Hall–Kier alpha value is -3.17. The quantitative estimate of drug-likeness (QED) is 0.666. The Bertz CT molecular complexity index is 765. The maximum Gasteiger partial charge on any atom is 0.416 e. The van der Waals surface area contributed by atoms with Crippen LogP contribution in [0.15, 0.2) is 42.6 Å². The van der Waals surface area contributed by atoms with E-state index in [-0.39, 0.29) is 11.4 Å². The van der Waals surface area contributed by atoms with Gasteiger partial charge in [0.15, 0.2) is 6.61 Å². The van der Waals surface area contributed by atoms with Crippen molar-refractivity contribution in [2.45, 2.75) is 6.18 Å². The molecule has 0 aliphatic carbocycles. The summed E-state index contributed by atoms with van der Waals surface area (Å²) in [7, 11) is 0. The van der Waals surface area contributed by atoms with E-state index in [1.165, 1.54) is 24.4 Å². The molecule has 0 aliphatic rings. The molecule has 2 aromatic rings. The van der Waals surface area contributed by atoms with Crippen molar-refractivity contribution in [3.05, 3.63) is 58.3 Å². The number of nitrogens with one attached hydrogen (secondary N) is 1. The van der Waals surface area contributed by atoms with Crippen molar-refractivity contribution in [3.8, 4) is 5.75 Å². The molecule has 1 aromatic carbocycles. The number of alkyl halides is 3. The van der Waals surface area contributed by atoms with E-state index in [4.69, 9.17) is 4.74 Å². The molecule has 0 saturated carbocycles. The van der Waals surface area contributed by atoms with Crippen LogP contribution in [0.2, 0.25) is 0 Å². The predicted octanol–water partition coefficient (Wildman–Crippen LogP) is 3.03. The lowest BCUT2D eigenvalue weighted by atomic mass is 10.2. The average molecular weight is 341 g/mol. The van der Waals surface area contributed by atoms with Gasteiger partial charge in [0.1, 0.15) is 6.20 Å². The van der Waals surface area contributed by atoms with E-state index in [0.717, 1.165) is 18.2 Å². The molecule has 0 atom stereocenters. The van der Waals surface area contributed by atoms with Crippen molar-refractivity contribution in [2.24, 2.45) is 0 Å².